The van der Waals surface area contributed by atoms with E-state index in [4.69, 9.17) is 14.2 Å². The van der Waals surface area contributed by atoms with E-state index in [0.29, 0.717) is 12.8 Å². The van der Waals surface area contributed by atoms with E-state index in [-0.39, 0.29) is 18.9 Å². The van der Waals surface area contributed by atoms with Crippen molar-refractivity contribution in [2.75, 3.05) is 13.7 Å². The lowest BCUT2D eigenvalue weighted by atomic mass is 9.37. The van der Waals surface area contributed by atoms with E-state index < -0.39 is 76.6 Å². The summed E-state index contributed by atoms with van der Waals surface area (Å²) in [5.41, 5.74) is -3.58. The van der Waals surface area contributed by atoms with Crippen LogP contribution in [0.1, 0.15) is 33.1 Å². The molecule has 5 rings (SSSR count). The Morgan fingerprint density at radius 1 is 1.20 bits per heavy atom. The van der Waals surface area contributed by atoms with Gasteiger partial charge in [-0.05, 0) is 30.1 Å². The number of esters is 2. The molecule has 0 aromatic rings. The van der Waals surface area contributed by atoms with E-state index in [1.807, 2.05) is 13.8 Å². The van der Waals surface area contributed by atoms with Gasteiger partial charge in [-0.25, -0.2) is 4.79 Å². The van der Waals surface area contributed by atoms with Gasteiger partial charge in [0.25, 0.3) is 0 Å². The molecule has 0 unspecified atom stereocenters. The van der Waals surface area contributed by atoms with Crippen LogP contribution in [-0.4, -0.2) is 82.2 Å². The van der Waals surface area contributed by atoms with Crippen LogP contribution in [0.3, 0.4) is 0 Å². The molecule has 168 valence electrons. The van der Waals surface area contributed by atoms with Crippen molar-refractivity contribution in [1.29, 1.82) is 0 Å². The summed E-state index contributed by atoms with van der Waals surface area (Å²) in [7, 11) is 1.20. The van der Waals surface area contributed by atoms with Gasteiger partial charge < -0.3 is 34.6 Å². The molecule has 0 amide bonds. The second-order valence-corrected chi connectivity index (χ2v) is 10.3. The summed E-state index contributed by atoms with van der Waals surface area (Å²) >= 11 is 0. The number of fused-ring (bicyclic) bond motifs is 2. The quantitative estimate of drug-likeness (QED) is 0.388. The molecule has 4 bridgehead atoms. The number of carbonyl (C=O) groups is 2. The number of ether oxygens (including phenoxy) is 3. The molecule has 0 aromatic heterocycles. The van der Waals surface area contributed by atoms with Crippen molar-refractivity contribution >= 4 is 11.9 Å². The molecule has 5 aliphatic rings. The maximum Gasteiger partial charge on any atom is 0.342 e. The van der Waals surface area contributed by atoms with Gasteiger partial charge in [0, 0.05) is 17.3 Å². The normalized spacial score (nSPS) is 59.0. The van der Waals surface area contributed by atoms with Crippen molar-refractivity contribution in [2.45, 2.75) is 69.2 Å². The number of methoxy groups -OCH3 is 1. The molecule has 5 fully saturated rings. The first-order chi connectivity index (χ1) is 14.1. The van der Waals surface area contributed by atoms with Crippen molar-refractivity contribution in [3.8, 4) is 0 Å². The molecule has 3 saturated carbocycles. The summed E-state index contributed by atoms with van der Waals surface area (Å²) in [6.45, 7) is 3.71. The SMILES string of the molecule is COC(=O)[C@@]12OC[C@@]34[C@H]([C@@H](O)[C@@H]1OC(=O)C[C@@H]23)[C@@]1(C)CC[C@H](O)[C@@H](C)[C@@H]1[C@H](O)[C@@H]4O. The molecule has 4 N–H and O–H groups in total. The van der Waals surface area contributed by atoms with Gasteiger partial charge in [0.15, 0.2) is 6.10 Å². The zero-order chi connectivity index (χ0) is 21.8. The van der Waals surface area contributed by atoms with E-state index in [9.17, 15) is 30.0 Å². The third-order valence-corrected chi connectivity index (χ3v) is 9.38. The van der Waals surface area contributed by atoms with Crippen LogP contribution in [0.15, 0.2) is 0 Å². The molecule has 2 heterocycles. The molecule has 2 saturated heterocycles. The summed E-state index contributed by atoms with van der Waals surface area (Å²) in [4.78, 5) is 25.3. The maximum absolute atomic E-state index is 12.9. The van der Waals surface area contributed by atoms with Gasteiger partial charge >= 0.3 is 11.9 Å². The number of aliphatic hydroxyl groups excluding tert-OH is 4. The Bertz CT molecular complexity index is 786. The number of aliphatic hydroxyl groups is 4. The Labute approximate surface area is 174 Å². The Hall–Kier alpha value is -1.26. The molecule has 1 spiro atoms. The average Bonchev–Trinajstić information content (AvgIpc) is 2.98. The summed E-state index contributed by atoms with van der Waals surface area (Å²) in [6, 6.07) is 0. The first-order valence-electron chi connectivity index (χ1n) is 10.7. The summed E-state index contributed by atoms with van der Waals surface area (Å²) in [5.74, 6) is -3.47. The monoisotopic (exact) mass is 426 g/mol. The number of rotatable bonds is 1. The van der Waals surface area contributed by atoms with Crippen LogP contribution >= 0.6 is 0 Å². The highest BCUT2D eigenvalue weighted by molar-refractivity contribution is 5.86. The lowest BCUT2D eigenvalue weighted by Crippen LogP contribution is -2.79. The largest absolute Gasteiger partial charge is 0.467 e. The van der Waals surface area contributed by atoms with Gasteiger partial charge in [-0.2, -0.15) is 0 Å². The van der Waals surface area contributed by atoms with Crippen molar-refractivity contribution < 1.29 is 44.2 Å². The third-order valence-electron chi connectivity index (χ3n) is 9.38. The summed E-state index contributed by atoms with van der Waals surface area (Å²) < 4.78 is 16.5. The topological polar surface area (TPSA) is 143 Å². The highest BCUT2D eigenvalue weighted by Gasteiger charge is 2.84. The second kappa shape index (κ2) is 6.16. The van der Waals surface area contributed by atoms with E-state index in [2.05, 4.69) is 0 Å². The molecule has 3 aliphatic carbocycles. The van der Waals surface area contributed by atoms with Crippen molar-refractivity contribution in [1.82, 2.24) is 0 Å². The van der Waals surface area contributed by atoms with Gasteiger partial charge in [0.2, 0.25) is 5.60 Å². The standard InChI is InChI=1S/C21H30O9/c1-8-9(22)4-5-19(2)12(8)13(24)16(26)20-7-29-21(18(27)28-3)10(20)6-11(23)30-17(21)14(25)15(19)20/h8-10,12-17,22,24-26H,4-7H2,1-3H3/t8-,9+,10-,12-,13+,14-,15-,16+,17+,19+,20+,21+/m1/s1. The Kier molecular flexibility index (Phi) is 4.24. The smallest absolute Gasteiger partial charge is 0.342 e. The van der Waals surface area contributed by atoms with Crippen LogP contribution in [0.5, 0.6) is 0 Å². The lowest BCUT2D eigenvalue weighted by molar-refractivity contribution is -0.308. The average molecular weight is 426 g/mol. The van der Waals surface area contributed by atoms with Gasteiger partial charge in [0.05, 0.1) is 44.6 Å². The third kappa shape index (κ3) is 2.02. The summed E-state index contributed by atoms with van der Waals surface area (Å²) in [5, 5.41) is 44.8. The fourth-order valence-corrected chi connectivity index (χ4v) is 8.30. The van der Waals surface area contributed by atoms with Crippen LogP contribution < -0.4 is 0 Å². The van der Waals surface area contributed by atoms with Crippen LogP contribution in [0.4, 0.5) is 0 Å². The Balaban J connectivity index is 1.73. The maximum atomic E-state index is 12.9. The Morgan fingerprint density at radius 2 is 1.90 bits per heavy atom. The second-order valence-electron chi connectivity index (χ2n) is 10.3. The number of hydrogen-bond donors (Lipinski definition) is 4. The molecule has 12 atom stereocenters. The zero-order valence-electron chi connectivity index (χ0n) is 17.4. The molecule has 2 aliphatic heterocycles. The zero-order valence-corrected chi connectivity index (χ0v) is 17.4. The van der Waals surface area contributed by atoms with Crippen molar-refractivity contribution in [3.63, 3.8) is 0 Å². The fraction of sp³-hybridized carbons (Fsp3) is 0.905. The van der Waals surface area contributed by atoms with E-state index in [1.54, 1.807) is 0 Å². The molecular weight excluding hydrogens is 396 g/mol. The molecule has 9 nitrogen and oxygen atoms in total. The van der Waals surface area contributed by atoms with Gasteiger partial charge in [-0.1, -0.05) is 13.8 Å². The van der Waals surface area contributed by atoms with E-state index in [1.165, 1.54) is 7.11 Å². The number of hydrogen-bond acceptors (Lipinski definition) is 9. The fourth-order valence-electron chi connectivity index (χ4n) is 8.30. The first-order valence-corrected chi connectivity index (χ1v) is 10.7. The lowest BCUT2D eigenvalue weighted by Gasteiger charge is -2.68. The van der Waals surface area contributed by atoms with E-state index >= 15 is 0 Å². The van der Waals surface area contributed by atoms with Crippen LogP contribution in [0.25, 0.3) is 0 Å². The number of carbonyl (C=O) groups excluding carboxylic acids is 2. The van der Waals surface area contributed by atoms with Crippen LogP contribution in [0.2, 0.25) is 0 Å². The molecule has 0 aromatic carbocycles. The van der Waals surface area contributed by atoms with Gasteiger partial charge in [-0.15, -0.1) is 0 Å². The molecule has 30 heavy (non-hydrogen) atoms. The summed E-state index contributed by atoms with van der Waals surface area (Å²) in [6.07, 6.45) is -4.85. The van der Waals surface area contributed by atoms with Gasteiger partial charge in [0.1, 0.15) is 0 Å². The predicted octanol–water partition coefficient (Wildman–Crippen LogP) is -1.01. The minimum absolute atomic E-state index is 0.0981. The predicted molar refractivity (Wildman–Crippen MR) is 98.6 cm³/mol. The van der Waals surface area contributed by atoms with Crippen molar-refractivity contribution in [3.05, 3.63) is 0 Å². The molecular formula is C21H30O9. The first kappa shape index (κ1) is 20.6. The molecule has 0 radical (unpaired) electrons. The molecule has 9 heteroatoms. The minimum atomic E-state index is -1.71. The Morgan fingerprint density at radius 3 is 2.57 bits per heavy atom. The minimum Gasteiger partial charge on any atom is -0.467 e. The van der Waals surface area contributed by atoms with Crippen LogP contribution in [0, 0.1) is 34.5 Å². The van der Waals surface area contributed by atoms with Gasteiger partial charge in [-0.3, -0.25) is 4.79 Å². The van der Waals surface area contributed by atoms with E-state index in [0.717, 1.165) is 0 Å². The highest BCUT2D eigenvalue weighted by atomic mass is 16.6. The van der Waals surface area contributed by atoms with Crippen molar-refractivity contribution in [2.24, 2.45) is 34.5 Å². The van der Waals surface area contributed by atoms with Crippen LogP contribution in [-0.2, 0) is 23.8 Å². The highest BCUT2D eigenvalue weighted by Crippen LogP contribution is 2.72.